The first-order chi connectivity index (χ1) is 48.1. The van der Waals surface area contributed by atoms with Crippen LogP contribution in [-0.2, 0) is 0 Å². The normalized spacial score (nSPS) is 11.9. The van der Waals surface area contributed by atoms with Crippen molar-refractivity contribution in [3.63, 3.8) is 0 Å². The van der Waals surface area contributed by atoms with Crippen molar-refractivity contribution in [2.24, 2.45) is 0 Å². The molecule has 3 aromatic heterocycles. The van der Waals surface area contributed by atoms with Crippen LogP contribution in [-0.4, -0.2) is 88.7 Å². The molecule has 100 heavy (non-hydrogen) atoms. The summed E-state index contributed by atoms with van der Waals surface area (Å²) in [5.74, 6) is 7.87. The molecule has 0 unspecified atom stereocenters. The second-order valence-corrected chi connectivity index (χ2v) is 26.4. The van der Waals surface area contributed by atoms with Crippen LogP contribution >= 0.6 is 0 Å². The predicted molar refractivity (Wildman–Crippen MR) is 388 cm³/mol. The number of hydrogen-bond donors (Lipinski definition) is 2. The number of rotatable bonds is 24. The van der Waals surface area contributed by atoms with Crippen molar-refractivity contribution in [3.8, 4) is 138 Å². The van der Waals surface area contributed by atoms with Crippen molar-refractivity contribution in [1.82, 2.24) is 39.9 Å². The molecule has 0 amide bonds. The van der Waals surface area contributed by atoms with Crippen molar-refractivity contribution in [2.45, 2.75) is 160 Å². The van der Waals surface area contributed by atoms with Crippen molar-refractivity contribution >= 4 is 44.1 Å². The van der Waals surface area contributed by atoms with E-state index in [9.17, 15) is 0 Å². The van der Waals surface area contributed by atoms with Crippen molar-refractivity contribution in [2.75, 3.05) is 0 Å². The van der Waals surface area contributed by atoms with Crippen LogP contribution in [0.25, 0.3) is 89.7 Å². The van der Waals surface area contributed by atoms with Gasteiger partial charge >= 0.3 is 0 Å². The molecule has 20 nitrogen and oxygen atoms in total. The van der Waals surface area contributed by atoms with E-state index >= 15 is 0 Å². The average Bonchev–Trinajstić information content (AvgIpc) is 1.58. The zero-order chi connectivity index (χ0) is 70.2. The standard InChI is InChI=1S/C80H82N8O12/c1-41(2)89-57-33-21-34-58(90-42(3)4)69(57)97-53-29-17-25-49-65(53)77-81-73(49)86-78-67-51(27-19-31-55(67)99-71-61(93-45(9)10)37-23-38-62(71)94-46(11)12)75(83-78)88-80-68-52(28-20-32-56(68)100-72-63(95-47(13)14)39-24-40-64(72)96-48(15)16)76(84-80)87-79-66-50(74(82-79)85-77)26-18-30-54(66)98-70-59(91-43(5)6)35-22-36-60(70)92-44(7)8/h17-48H,1-16H3,(H2,81,82,83,84,85,86,87,88). The van der Waals surface area contributed by atoms with Crippen LogP contribution in [0.2, 0.25) is 0 Å². The molecule has 0 fully saturated rings. The maximum absolute atomic E-state index is 7.15. The van der Waals surface area contributed by atoms with Gasteiger partial charge in [-0.25, -0.2) is 29.9 Å². The Morgan fingerprint density at radius 3 is 0.720 bits per heavy atom. The van der Waals surface area contributed by atoms with Gasteiger partial charge in [-0.3, -0.25) is 0 Å². The number of aromatic nitrogens is 8. The van der Waals surface area contributed by atoms with Crippen LogP contribution in [0.1, 0.15) is 111 Å². The minimum Gasteiger partial charge on any atom is -0.487 e. The van der Waals surface area contributed by atoms with Crippen LogP contribution < -0.4 is 56.8 Å². The van der Waals surface area contributed by atoms with E-state index in [0.717, 1.165) is 0 Å². The third kappa shape index (κ3) is 14.1. The number of nitrogens with one attached hydrogen (secondary N) is 2. The summed E-state index contributed by atoms with van der Waals surface area (Å²) in [7, 11) is 0. The number of nitrogens with zero attached hydrogens (tertiary/aromatic N) is 6. The molecular weight excluding hydrogens is 1260 g/mol. The quantitative estimate of drug-likeness (QED) is 0.0574. The van der Waals surface area contributed by atoms with Gasteiger partial charge in [-0.2, -0.15) is 0 Å². The molecule has 8 aromatic carbocycles. The topological polar surface area (TPSA) is 220 Å². The third-order valence-corrected chi connectivity index (χ3v) is 15.3. The molecule has 2 N–H and O–H groups in total. The molecule has 2 aliphatic heterocycles. The first kappa shape index (κ1) is 67.3. The fraction of sp³-hybridized carbons (Fsp3) is 0.300. The maximum Gasteiger partial charge on any atom is 0.211 e. The number of H-pyrrole nitrogens is 2. The van der Waals surface area contributed by atoms with E-state index in [1.54, 1.807) is 0 Å². The summed E-state index contributed by atoms with van der Waals surface area (Å²) in [6.07, 6.45) is -1.66. The zero-order valence-electron chi connectivity index (χ0n) is 59.1. The Hall–Kier alpha value is -11.3. The summed E-state index contributed by atoms with van der Waals surface area (Å²) in [6, 6.07) is 45.2. The average molecular weight is 1350 g/mol. The van der Waals surface area contributed by atoms with E-state index in [1.807, 2.05) is 256 Å². The lowest BCUT2D eigenvalue weighted by Crippen LogP contribution is -2.10. The molecule has 20 heteroatoms. The fourth-order valence-corrected chi connectivity index (χ4v) is 11.8. The van der Waals surface area contributed by atoms with Crippen LogP contribution in [0.3, 0.4) is 0 Å². The van der Waals surface area contributed by atoms with Crippen LogP contribution in [0, 0.1) is 0 Å². The van der Waals surface area contributed by atoms with Gasteiger partial charge in [-0.1, -0.05) is 72.8 Å². The highest BCUT2D eigenvalue weighted by atomic mass is 16.6. The number of fused-ring (bicyclic) bond motifs is 20. The number of benzene rings is 8. The molecule has 0 aliphatic carbocycles. The van der Waals surface area contributed by atoms with Gasteiger partial charge in [0.05, 0.1) is 70.7 Å². The number of para-hydroxylation sites is 4. The van der Waals surface area contributed by atoms with E-state index in [-0.39, 0.29) is 72.1 Å². The van der Waals surface area contributed by atoms with Gasteiger partial charge in [0.25, 0.3) is 0 Å². The molecule has 0 spiro atoms. The summed E-state index contributed by atoms with van der Waals surface area (Å²) in [4.78, 5) is 40.2. The third-order valence-electron chi connectivity index (χ3n) is 15.3. The van der Waals surface area contributed by atoms with Crippen LogP contribution in [0.4, 0.5) is 0 Å². The minimum atomic E-state index is -0.208. The van der Waals surface area contributed by atoms with Gasteiger partial charge in [0.15, 0.2) is 69.3 Å². The summed E-state index contributed by atoms with van der Waals surface area (Å²) in [5, 5.41) is 2.30. The number of hydrogen-bond acceptors (Lipinski definition) is 18. The second kappa shape index (κ2) is 28.3. The van der Waals surface area contributed by atoms with Gasteiger partial charge in [0.2, 0.25) is 23.0 Å². The predicted octanol–water partition coefficient (Wildman–Crippen LogP) is 20.3. The molecule has 8 bridgehead atoms. The fourth-order valence-electron chi connectivity index (χ4n) is 11.8. The Bertz CT molecular complexity index is 4630. The molecule has 11 aromatic rings. The Balaban J connectivity index is 1.15. The van der Waals surface area contributed by atoms with Gasteiger partial charge in [-0.05, 0) is 184 Å². The van der Waals surface area contributed by atoms with Gasteiger partial charge in [0, 0.05) is 21.9 Å². The summed E-state index contributed by atoms with van der Waals surface area (Å²) in [5.41, 5.74) is 3.57. The van der Waals surface area contributed by atoms with Crippen molar-refractivity contribution < 1.29 is 56.8 Å². The minimum absolute atomic E-state index is 0.207. The Morgan fingerprint density at radius 2 is 0.450 bits per heavy atom. The molecule has 0 saturated heterocycles. The summed E-state index contributed by atoms with van der Waals surface area (Å²) < 4.78 is 80.1. The molecule has 13 rings (SSSR count). The maximum atomic E-state index is 7.15. The SMILES string of the molecule is CC(C)Oc1cccc(OC(C)C)c1Oc1cccc2c1-c1nc-2nc2[nH]c(nc3nc(nc4[nH]c(n1)c1cccc(Oc5c(OC(C)C)cccc5OC(C)C)c41)-c1cccc(Oc4c(OC(C)C)cccc4OC(C)C)c1-3)c1cccc(Oc3c(OC(C)C)cccc3OC(C)C)c21. The summed E-state index contributed by atoms with van der Waals surface area (Å²) in [6.45, 7) is 31.4. The van der Waals surface area contributed by atoms with E-state index in [1.165, 1.54) is 0 Å². The monoisotopic (exact) mass is 1350 g/mol. The first-order valence-corrected chi connectivity index (χ1v) is 34.0. The van der Waals surface area contributed by atoms with Crippen molar-refractivity contribution in [1.29, 1.82) is 0 Å². The van der Waals surface area contributed by atoms with Crippen molar-refractivity contribution in [3.05, 3.63) is 146 Å². The highest BCUT2D eigenvalue weighted by Gasteiger charge is 2.31. The number of aromatic amines is 2. The lowest BCUT2D eigenvalue weighted by atomic mass is 10.1. The lowest BCUT2D eigenvalue weighted by molar-refractivity contribution is 0.213. The largest absolute Gasteiger partial charge is 0.487 e. The van der Waals surface area contributed by atoms with E-state index in [4.69, 9.17) is 86.7 Å². The van der Waals surface area contributed by atoms with E-state index < -0.39 is 0 Å². The molecular formula is C80H82N8O12. The lowest BCUT2D eigenvalue weighted by Gasteiger charge is -2.20. The smallest absolute Gasteiger partial charge is 0.211 e. The molecule has 0 radical (unpaired) electrons. The second-order valence-electron chi connectivity index (χ2n) is 26.4. The van der Waals surface area contributed by atoms with E-state index in [2.05, 4.69) is 9.97 Å². The molecule has 2 aliphatic rings. The highest BCUT2D eigenvalue weighted by molar-refractivity contribution is 6.10. The molecule has 0 saturated carbocycles. The number of ether oxygens (including phenoxy) is 12. The van der Waals surface area contributed by atoms with Gasteiger partial charge in [-0.15, -0.1) is 0 Å². The molecule has 5 heterocycles. The Kier molecular flexibility index (Phi) is 19.0. The molecule has 514 valence electrons. The Labute approximate surface area is 580 Å². The Morgan fingerprint density at radius 1 is 0.230 bits per heavy atom. The van der Waals surface area contributed by atoms with Gasteiger partial charge < -0.3 is 66.8 Å². The highest BCUT2D eigenvalue weighted by Crippen LogP contribution is 2.52. The van der Waals surface area contributed by atoms with Crippen LogP contribution in [0.15, 0.2) is 146 Å². The zero-order valence-corrected chi connectivity index (χ0v) is 59.1. The molecule has 0 atom stereocenters. The van der Waals surface area contributed by atoms with Gasteiger partial charge in [0.1, 0.15) is 45.6 Å². The van der Waals surface area contributed by atoms with E-state index in [0.29, 0.717) is 158 Å². The first-order valence-electron chi connectivity index (χ1n) is 34.0. The van der Waals surface area contributed by atoms with Crippen LogP contribution in [0.5, 0.6) is 92.0 Å². The summed E-state index contributed by atoms with van der Waals surface area (Å²) >= 11 is 0.